The Hall–Kier alpha value is -1.61. The fraction of sp³-hybridized carbons (Fsp3) is 0.684. The minimum absolute atomic E-state index is 0.574. The Balaban J connectivity index is 1.87. The van der Waals surface area contributed by atoms with Crippen LogP contribution in [0.15, 0.2) is 10.1 Å². The molecule has 0 saturated heterocycles. The van der Waals surface area contributed by atoms with Gasteiger partial charge in [0.1, 0.15) is 10.8 Å². The summed E-state index contributed by atoms with van der Waals surface area (Å²) < 4.78 is 2.25. The summed E-state index contributed by atoms with van der Waals surface area (Å²) in [7, 11) is 0. The van der Waals surface area contributed by atoms with Crippen LogP contribution >= 0.6 is 23.1 Å². The molecule has 0 bridgehead atoms. The Labute approximate surface area is 176 Å². The standard InChI is InChI=1S/C19H33N7S2/c1-7-20-18(22-11-17-23-14(4)15(5)28-17)21-10-8-9-16-24-25-19(27-6)26(16)12-13(2)3/h13H,7-12H2,1-6H3,(H2,20,21,22). The van der Waals surface area contributed by atoms with E-state index in [-0.39, 0.29) is 0 Å². The minimum Gasteiger partial charge on any atom is -0.357 e. The van der Waals surface area contributed by atoms with Gasteiger partial charge < -0.3 is 15.2 Å². The highest BCUT2D eigenvalue weighted by atomic mass is 32.2. The molecule has 2 heterocycles. The highest BCUT2D eigenvalue weighted by Crippen LogP contribution is 2.17. The van der Waals surface area contributed by atoms with Gasteiger partial charge in [0.05, 0.1) is 12.2 Å². The lowest BCUT2D eigenvalue weighted by molar-refractivity contribution is 0.477. The van der Waals surface area contributed by atoms with Gasteiger partial charge in [-0.15, -0.1) is 21.5 Å². The van der Waals surface area contributed by atoms with Crippen LogP contribution in [0.1, 0.15) is 48.6 Å². The summed E-state index contributed by atoms with van der Waals surface area (Å²) in [5.41, 5.74) is 1.10. The highest BCUT2D eigenvalue weighted by molar-refractivity contribution is 7.98. The lowest BCUT2D eigenvalue weighted by Crippen LogP contribution is -2.37. The second kappa shape index (κ2) is 11.4. The zero-order valence-corrected chi connectivity index (χ0v) is 19.5. The van der Waals surface area contributed by atoms with Crippen LogP contribution in [0.5, 0.6) is 0 Å². The summed E-state index contributed by atoms with van der Waals surface area (Å²) in [5, 5.41) is 17.5. The summed E-state index contributed by atoms with van der Waals surface area (Å²) in [5.74, 6) is 2.47. The molecule has 2 N–H and O–H groups in total. The van der Waals surface area contributed by atoms with Gasteiger partial charge in [-0.1, -0.05) is 25.6 Å². The van der Waals surface area contributed by atoms with Gasteiger partial charge in [-0.25, -0.2) is 9.98 Å². The molecule has 0 radical (unpaired) electrons. The van der Waals surface area contributed by atoms with Gasteiger partial charge in [0, 0.05) is 30.9 Å². The number of aromatic nitrogens is 4. The van der Waals surface area contributed by atoms with E-state index in [9.17, 15) is 0 Å². The van der Waals surface area contributed by atoms with Crippen LogP contribution in [-0.4, -0.2) is 45.1 Å². The van der Waals surface area contributed by atoms with Crippen LogP contribution < -0.4 is 10.6 Å². The molecule has 0 atom stereocenters. The number of nitrogens with zero attached hydrogens (tertiary/aromatic N) is 5. The van der Waals surface area contributed by atoms with E-state index >= 15 is 0 Å². The van der Waals surface area contributed by atoms with Crippen molar-refractivity contribution in [1.82, 2.24) is 30.4 Å². The maximum atomic E-state index is 4.66. The van der Waals surface area contributed by atoms with Crippen molar-refractivity contribution < 1.29 is 0 Å². The van der Waals surface area contributed by atoms with Crippen LogP contribution in [0.4, 0.5) is 0 Å². The van der Waals surface area contributed by atoms with Crippen molar-refractivity contribution in [1.29, 1.82) is 0 Å². The van der Waals surface area contributed by atoms with Crippen molar-refractivity contribution in [3.05, 3.63) is 21.4 Å². The largest absolute Gasteiger partial charge is 0.357 e. The second-order valence-electron chi connectivity index (χ2n) is 7.08. The quantitative estimate of drug-likeness (QED) is 0.264. The second-order valence-corrected chi connectivity index (χ2v) is 9.14. The lowest BCUT2D eigenvalue weighted by atomic mass is 10.2. The molecule has 2 aromatic heterocycles. The monoisotopic (exact) mass is 423 g/mol. The molecule has 2 aromatic rings. The number of aryl methyl sites for hydroxylation is 3. The van der Waals surface area contributed by atoms with Crippen molar-refractivity contribution in [2.75, 3.05) is 19.3 Å². The Kier molecular flexibility index (Phi) is 9.24. The number of aliphatic imine (C=N–C) groups is 1. The first-order chi connectivity index (χ1) is 13.4. The van der Waals surface area contributed by atoms with E-state index in [2.05, 4.69) is 69.3 Å². The van der Waals surface area contributed by atoms with Gasteiger partial charge in [0.15, 0.2) is 11.1 Å². The summed E-state index contributed by atoms with van der Waals surface area (Å²) in [6, 6.07) is 0. The molecule has 7 nitrogen and oxygen atoms in total. The van der Waals surface area contributed by atoms with Gasteiger partial charge >= 0.3 is 0 Å². The van der Waals surface area contributed by atoms with Crippen LogP contribution in [0.2, 0.25) is 0 Å². The first-order valence-corrected chi connectivity index (χ1v) is 11.9. The molecule has 0 saturated carbocycles. The third-order valence-corrected chi connectivity index (χ3v) is 5.91. The average Bonchev–Trinajstić information content (AvgIpc) is 3.18. The number of guanidine groups is 1. The van der Waals surface area contributed by atoms with E-state index in [1.165, 1.54) is 4.88 Å². The minimum atomic E-state index is 0.574. The number of rotatable bonds is 10. The molecule has 0 aliphatic heterocycles. The maximum Gasteiger partial charge on any atom is 0.191 e. The zero-order chi connectivity index (χ0) is 20.5. The molecule has 9 heteroatoms. The van der Waals surface area contributed by atoms with Gasteiger partial charge in [-0.05, 0) is 39.4 Å². The molecule has 0 amide bonds. The van der Waals surface area contributed by atoms with Crippen LogP contribution in [0, 0.1) is 19.8 Å². The normalized spacial score (nSPS) is 12.0. The van der Waals surface area contributed by atoms with Crippen molar-refractivity contribution in [2.45, 2.75) is 65.7 Å². The van der Waals surface area contributed by atoms with Gasteiger partial charge in [0.2, 0.25) is 0 Å². The third-order valence-electron chi connectivity index (χ3n) is 4.18. The first-order valence-electron chi connectivity index (χ1n) is 9.85. The molecule has 28 heavy (non-hydrogen) atoms. The molecule has 0 spiro atoms. The predicted molar refractivity (Wildman–Crippen MR) is 119 cm³/mol. The van der Waals surface area contributed by atoms with Crippen LogP contribution in [0.3, 0.4) is 0 Å². The van der Waals surface area contributed by atoms with Gasteiger partial charge in [0.25, 0.3) is 0 Å². The predicted octanol–water partition coefficient (Wildman–Crippen LogP) is 3.42. The molecule has 0 aliphatic rings. The lowest BCUT2D eigenvalue weighted by Gasteiger charge is -2.13. The fourth-order valence-electron chi connectivity index (χ4n) is 2.75. The number of nitrogens with one attached hydrogen (secondary N) is 2. The number of hydrogen-bond acceptors (Lipinski definition) is 6. The summed E-state index contributed by atoms with van der Waals surface area (Å²) in [6.45, 7) is 13.9. The van der Waals surface area contributed by atoms with E-state index in [0.29, 0.717) is 12.5 Å². The average molecular weight is 424 g/mol. The fourth-order valence-corrected chi connectivity index (χ4v) is 4.13. The van der Waals surface area contributed by atoms with Crippen molar-refractivity contribution in [3.63, 3.8) is 0 Å². The third kappa shape index (κ3) is 6.77. The Bertz CT molecular complexity index is 745. The number of thiazole rings is 1. The SMILES string of the molecule is CCNC(=NCc1nc(C)c(C)s1)NCCCc1nnc(SC)n1CC(C)C. The molecular weight excluding hydrogens is 390 g/mol. The zero-order valence-electron chi connectivity index (χ0n) is 17.9. The molecule has 0 aliphatic carbocycles. The van der Waals surface area contributed by atoms with Crippen molar-refractivity contribution >= 4 is 29.1 Å². The van der Waals surface area contributed by atoms with E-state index in [1.807, 2.05) is 6.92 Å². The summed E-state index contributed by atoms with van der Waals surface area (Å²) in [4.78, 5) is 10.5. The number of thioether (sulfide) groups is 1. The first kappa shape index (κ1) is 22.7. The Morgan fingerprint density at radius 1 is 1.25 bits per heavy atom. The smallest absolute Gasteiger partial charge is 0.191 e. The highest BCUT2D eigenvalue weighted by Gasteiger charge is 2.12. The van der Waals surface area contributed by atoms with E-state index in [4.69, 9.17) is 0 Å². The van der Waals surface area contributed by atoms with Gasteiger partial charge in [-0.3, -0.25) is 0 Å². The van der Waals surface area contributed by atoms with Crippen molar-refractivity contribution in [3.8, 4) is 0 Å². The molecule has 2 rings (SSSR count). The Morgan fingerprint density at radius 3 is 2.64 bits per heavy atom. The molecule has 0 unspecified atom stereocenters. The summed E-state index contributed by atoms with van der Waals surface area (Å²) in [6.07, 6.45) is 3.93. The van der Waals surface area contributed by atoms with E-state index in [0.717, 1.165) is 60.1 Å². The molecule has 0 aromatic carbocycles. The van der Waals surface area contributed by atoms with E-state index < -0.39 is 0 Å². The number of hydrogen-bond donors (Lipinski definition) is 2. The van der Waals surface area contributed by atoms with Crippen molar-refractivity contribution in [2.24, 2.45) is 10.9 Å². The molecular formula is C19H33N7S2. The summed E-state index contributed by atoms with van der Waals surface area (Å²) >= 11 is 3.37. The van der Waals surface area contributed by atoms with Crippen LogP contribution in [-0.2, 0) is 19.5 Å². The topological polar surface area (TPSA) is 80.0 Å². The van der Waals surface area contributed by atoms with E-state index in [1.54, 1.807) is 23.1 Å². The van der Waals surface area contributed by atoms with Gasteiger partial charge in [-0.2, -0.15) is 0 Å². The Morgan fingerprint density at radius 2 is 2.04 bits per heavy atom. The molecule has 0 fully saturated rings. The molecule has 156 valence electrons. The maximum absolute atomic E-state index is 4.66. The van der Waals surface area contributed by atoms with Crippen LogP contribution in [0.25, 0.3) is 0 Å².